The van der Waals surface area contributed by atoms with Gasteiger partial charge in [0.1, 0.15) is 11.9 Å². The van der Waals surface area contributed by atoms with Crippen molar-refractivity contribution in [3.05, 3.63) is 62.6 Å². The van der Waals surface area contributed by atoms with E-state index in [9.17, 15) is 14.7 Å². The largest absolute Gasteiger partial charge is 0.380 e. The highest BCUT2D eigenvalue weighted by Gasteiger charge is 2.21. The molecule has 2 N–H and O–H groups in total. The van der Waals surface area contributed by atoms with Crippen LogP contribution >= 0.6 is 0 Å². The Morgan fingerprint density at radius 2 is 1.81 bits per heavy atom. The van der Waals surface area contributed by atoms with Gasteiger partial charge in [-0.05, 0) is 5.56 Å². The van der Waals surface area contributed by atoms with Gasteiger partial charge in [0.15, 0.2) is 11.2 Å². The Hall–Kier alpha value is -2.67. The number of nitrogens with zero attached hydrogens (tertiary/aromatic N) is 3. The highest BCUT2D eigenvalue weighted by molar-refractivity contribution is 5.71. The molecule has 1 aromatic carbocycles. The third kappa shape index (κ3) is 1.98. The number of aryl methyl sites for hydroxylation is 2. The molecule has 108 valence electrons. The number of rotatable bonds is 2. The minimum absolute atomic E-state index is 0.247. The van der Waals surface area contributed by atoms with Crippen LogP contribution in [0.2, 0.25) is 0 Å². The molecule has 7 nitrogen and oxygen atoms in total. The van der Waals surface area contributed by atoms with Gasteiger partial charge in [0.2, 0.25) is 0 Å². The van der Waals surface area contributed by atoms with Crippen molar-refractivity contribution in [3.63, 3.8) is 0 Å². The van der Waals surface area contributed by atoms with Gasteiger partial charge in [-0.25, -0.2) is 9.78 Å². The van der Waals surface area contributed by atoms with Crippen molar-refractivity contribution in [1.29, 1.82) is 0 Å². The summed E-state index contributed by atoms with van der Waals surface area (Å²) in [5.41, 5.74) is 0.108. The minimum atomic E-state index is -0.974. The van der Waals surface area contributed by atoms with Gasteiger partial charge in [-0.3, -0.25) is 14.3 Å². The van der Waals surface area contributed by atoms with Gasteiger partial charge in [-0.2, -0.15) is 0 Å². The van der Waals surface area contributed by atoms with E-state index in [0.29, 0.717) is 11.4 Å². The van der Waals surface area contributed by atoms with Crippen molar-refractivity contribution in [2.45, 2.75) is 6.10 Å². The molecule has 0 radical (unpaired) electrons. The first-order chi connectivity index (χ1) is 10.0. The molecule has 0 saturated carbocycles. The van der Waals surface area contributed by atoms with Crippen molar-refractivity contribution in [1.82, 2.24) is 19.1 Å². The fourth-order valence-corrected chi connectivity index (χ4v) is 2.35. The average Bonchev–Trinajstić information content (AvgIpc) is 2.83. The smallest absolute Gasteiger partial charge is 0.329 e. The zero-order valence-corrected chi connectivity index (χ0v) is 11.6. The third-order valence-corrected chi connectivity index (χ3v) is 3.53. The van der Waals surface area contributed by atoms with Crippen LogP contribution in [0.3, 0.4) is 0 Å². The molecule has 1 atom stereocenters. The van der Waals surface area contributed by atoms with E-state index in [0.717, 1.165) is 0 Å². The molecular formula is C14H14N4O3. The van der Waals surface area contributed by atoms with Crippen molar-refractivity contribution >= 4 is 11.2 Å². The standard InChI is InChI=1S/C14H14N4O3/c1-17-9-11(18(2)14(21)16-13(9)20)15-12(17)10(19)8-6-4-3-5-7-8/h3-7,10,19H,1-2H3,(H,16,20,21). The first-order valence-electron chi connectivity index (χ1n) is 6.39. The quantitative estimate of drug-likeness (QED) is 0.695. The number of imidazole rings is 1. The van der Waals surface area contributed by atoms with Gasteiger partial charge in [-0.15, -0.1) is 0 Å². The molecule has 3 rings (SSSR count). The van der Waals surface area contributed by atoms with Crippen LogP contribution in [0.1, 0.15) is 17.5 Å². The summed E-state index contributed by atoms with van der Waals surface area (Å²) in [4.78, 5) is 30.0. The van der Waals surface area contributed by atoms with Gasteiger partial charge in [0.05, 0.1) is 0 Å². The lowest BCUT2D eigenvalue weighted by atomic mass is 10.1. The Morgan fingerprint density at radius 1 is 1.14 bits per heavy atom. The van der Waals surface area contributed by atoms with E-state index in [1.165, 1.54) is 16.2 Å². The number of aromatic amines is 1. The Labute approximate surface area is 119 Å². The van der Waals surface area contributed by atoms with E-state index in [2.05, 4.69) is 9.97 Å². The first kappa shape index (κ1) is 13.3. The summed E-state index contributed by atoms with van der Waals surface area (Å²) < 4.78 is 2.75. The molecular weight excluding hydrogens is 272 g/mol. The van der Waals surface area contributed by atoms with Gasteiger partial charge in [0, 0.05) is 14.1 Å². The van der Waals surface area contributed by atoms with E-state index >= 15 is 0 Å². The maximum absolute atomic E-state index is 11.9. The number of hydrogen-bond donors (Lipinski definition) is 2. The van der Waals surface area contributed by atoms with E-state index in [-0.39, 0.29) is 11.2 Å². The fraction of sp³-hybridized carbons (Fsp3) is 0.214. The summed E-state index contributed by atoms with van der Waals surface area (Å²) >= 11 is 0. The molecule has 0 saturated heterocycles. The van der Waals surface area contributed by atoms with Crippen molar-refractivity contribution < 1.29 is 5.11 Å². The highest BCUT2D eigenvalue weighted by Crippen LogP contribution is 2.22. The molecule has 0 fully saturated rings. The van der Waals surface area contributed by atoms with Crippen molar-refractivity contribution in [2.24, 2.45) is 14.1 Å². The molecule has 2 aromatic heterocycles. The summed E-state index contributed by atoms with van der Waals surface area (Å²) in [6.07, 6.45) is -0.974. The lowest BCUT2D eigenvalue weighted by Crippen LogP contribution is -2.29. The molecule has 3 aromatic rings. The Bertz CT molecular complexity index is 921. The number of benzene rings is 1. The number of hydrogen-bond acceptors (Lipinski definition) is 4. The maximum atomic E-state index is 11.9. The number of aliphatic hydroxyl groups excluding tert-OH is 1. The van der Waals surface area contributed by atoms with Gasteiger partial charge in [0.25, 0.3) is 5.56 Å². The second-order valence-corrected chi connectivity index (χ2v) is 4.83. The van der Waals surface area contributed by atoms with E-state index in [1.54, 1.807) is 19.2 Å². The molecule has 0 amide bonds. The van der Waals surface area contributed by atoms with Crippen LogP contribution in [0.5, 0.6) is 0 Å². The molecule has 2 heterocycles. The van der Waals surface area contributed by atoms with Crippen LogP contribution in [-0.2, 0) is 14.1 Å². The number of aliphatic hydroxyl groups is 1. The minimum Gasteiger partial charge on any atom is -0.380 e. The van der Waals surface area contributed by atoms with Crippen LogP contribution in [0.25, 0.3) is 11.2 Å². The molecule has 1 unspecified atom stereocenters. The lowest BCUT2D eigenvalue weighted by Gasteiger charge is -2.10. The van der Waals surface area contributed by atoms with Gasteiger partial charge >= 0.3 is 5.69 Å². The van der Waals surface area contributed by atoms with Crippen LogP contribution in [0.4, 0.5) is 0 Å². The SMILES string of the molecule is Cn1c(C(O)c2ccccc2)nc2c1c(=O)[nH]c(=O)n2C. The average molecular weight is 286 g/mol. The fourth-order valence-electron chi connectivity index (χ4n) is 2.35. The Balaban J connectivity index is 2.28. The Morgan fingerprint density at radius 3 is 2.48 bits per heavy atom. The molecule has 0 spiro atoms. The van der Waals surface area contributed by atoms with Crippen LogP contribution < -0.4 is 11.2 Å². The second kappa shape index (κ2) is 4.71. The number of fused-ring (bicyclic) bond motifs is 1. The molecule has 0 aliphatic rings. The van der Waals surface area contributed by atoms with Crippen molar-refractivity contribution in [2.75, 3.05) is 0 Å². The molecule has 0 aliphatic carbocycles. The monoisotopic (exact) mass is 286 g/mol. The number of aromatic nitrogens is 4. The van der Waals surface area contributed by atoms with Crippen LogP contribution in [0.15, 0.2) is 39.9 Å². The van der Waals surface area contributed by atoms with Gasteiger partial charge < -0.3 is 9.67 Å². The summed E-state index contributed by atoms with van der Waals surface area (Å²) in [5, 5.41) is 10.4. The summed E-state index contributed by atoms with van der Waals surface area (Å²) in [6.45, 7) is 0. The van der Waals surface area contributed by atoms with Crippen LogP contribution in [0, 0.1) is 0 Å². The van der Waals surface area contributed by atoms with E-state index in [4.69, 9.17) is 0 Å². The normalized spacial score (nSPS) is 12.7. The maximum Gasteiger partial charge on any atom is 0.329 e. The predicted octanol–water partition coefficient (Wildman–Crippen LogP) is 0.0420. The molecule has 0 bridgehead atoms. The van der Waals surface area contributed by atoms with Crippen molar-refractivity contribution in [3.8, 4) is 0 Å². The second-order valence-electron chi connectivity index (χ2n) is 4.83. The topological polar surface area (TPSA) is 92.9 Å². The van der Waals surface area contributed by atoms with Gasteiger partial charge in [-0.1, -0.05) is 30.3 Å². The zero-order valence-electron chi connectivity index (χ0n) is 11.6. The highest BCUT2D eigenvalue weighted by atomic mass is 16.3. The summed E-state index contributed by atoms with van der Waals surface area (Å²) in [6, 6.07) is 9.01. The Kier molecular flexibility index (Phi) is 2.99. The molecule has 21 heavy (non-hydrogen) atoms. The first-order valence-corrected chi connectivity index (χ1v) is 6.39. The van der Waals surface area contributed by atoms with E-state index < -0.39 is 17.4 Å². The zero-order chi connectivity index (χ0) is 15.1. The summed E-state index contributed by atoms with van der Waals surface area (Å²) in [5.74, 6) is 0.308. The number of nitrogens with one attached hydrogen (secondary N) is 1. The third-order valence-electron chi connectivity index (χ3n) is 3.53. The van der Waals surface area contributed by atoms with Crippen LogP contribution in [-0.4, -0.2) is 24.2 Å². The number of H-pyrrole nitrogens is 1. The molecule has 7 heteroatoms. The predicted molar refractivity (Wildman–Crippen MR) is 77.1 cm³/mol. The van der Waals surface area contributed by atoms with E-state index in [1.807, 2.05) is 18.2 Å². The lowest BCUT2D eigenvalue weighted by molar-refractivity contribution is 0.207. The summed E-state index contributed by atoms with van der Waals surface area (Å²) in [7, 11) is 3.16. The molecule has 0 aliphatic heterocycles.